The van der Waals surface area contributed by atoms with Crippen LogP contribution in [0.3, 0.4) is 0 Å². The molecule has 0 unspecified atom stereocenters. The molecule has 0 radical (unpaired) electrons. The molecule has 4 aromatic rings. The molecule has 0 aliphatic rings. The molecule has 2 aromatic carbocycles. The monoisotopic (exact) mass is 377 g/mol. The van der Waals surface area contributed by atoms with E-state index in [0.29, 0.717) is 22.0 Å². The summed E-state index contributed by atoms with van der Waals surface area (Å²) in [5.41, 5.74) is 6.20. The lowest BCUT2D eigenvalue weighted by Gasteiger charge is -2.02. The molecule has 0 bridgehead atoms. The third-order valence-corrected chi connectivity index (χ3v) is 4.61. The molecule has 4 rings (SSSR count). The molecule has 0 atom stereocenters. The number of benzene rings is 2. The number of hydrogen-bond acceptors (Lipinski definition) is 3. The van der Waals surface area contributed by atoms with Crippen LogP contribution in [0.15, 0.2) is 65.9 Å². The maximum absolute atomic E-state index is 12.4. The molecule has 7 heteroatoms. The smallest absolute Gasteiger partial charge is 0.273 e. The van der Waals surface area contributed by atoms with Crippen LogP contribution < -0.4 is 5.43 Å². The van der Waals surface area contributed by atoms with Gasteiger partial charge in [-0.2, -0.15) is 10.2 Å². The quantitative estimate of drug-likeness (QED) is 0.415. The summed E-state index contributed by atoms with van der Waals surface area (Å²) in [5, 5.41) is 9.78. The van der Waals surface area contributed by atoms with Gasteiger partial charge in [0, 0.05) is 17.1 Å². The Labute approximate surface area is 160 Å². The molecule has 2 N–H and O–H groups in total. The Morgan fingerprint density at radius 2 is 1.93 bits per heavy atom. The number of carbonyl (C=O) groups is 1. The second kappa shape index (κ2) is 7.09. The third kappa shape index (κ3) is 3.22. The fourth-order valence-electron chi connectivity index (χ4n) is 2.87. The van der Waals surface area contributed by atoms with Crippen LogP contribution in [0, 0.1) is 6.92 Å². The molecule has 0 aliphatic carbocycles. The van der Waals surface area contributed by atoms with E-state index < -0.39 is 0 Å². The highest BCUT2D eigenvalue weighted by atomic mass is 35.5. The Kier molecular flexibility index (Phi) is 4.48. The number of halogens is 1. The SMILES string of the molecule is Cc1nn(-c2ccccc2)c(Cl)c1/C=N\NC(=O)c1c[nH]c2ccccc12. The van der Waals surface area contributed by atoms with Gasteiger partial charge in [-0.15, -0.1) is 0 Å². The van der Waals surface area contributed by atoms with Gasteiger partial charge >= 0.3 is 0 Å². The molecule has 2 aromatic heterocycles. The van der Waals surface area contributed by atoms with Crippen LogP contribution in [0.1, 0.15) is 21.6 Å². The summed E-state index contributed by atoms with van der Waals surface area (Å²) < 4.78 is 1.64. The van der Waals surface area contributed by atoms with Crippen LogP contribution in [0.2, 0.25) is 5.15 Å². The molecule has 6 nitrogen and oxygen atoms in total. The van der Waals surface area contributed by atoms with Crippen LogP contribution in [0.4, 0.5) is 0 Å². The third-order valence-electron chi connectivity index (χ3n) is 4.24. The fraction of sp³-hybridized carbons (Fsp3) is 0.0500. The lowest BCUT2D eigenvalue weighted by molar-refractivity contribution is 0.0957. The van der Waals surface area contributed by atoms with Crippen LogP contribution in [0.25, 0.3) is 16.6 Å². The summed E-state index contributed by atoms with van der Waals surface area (Å²) in [6.45, 7) is 1.84. The van der Waals surface area contributed by atoms with Crippen molar-refractivity contribution in [3.05, 3.63) is 82.8 Å². The van der Waals surface area contributed by atoms with E-state index in [1.165, 1.54) is 6.21 Å². The molecule has 27 heavy (non-hydrogen) atoms. The number of H-pyrrole nitrogens is 1. The second-order valence-electron chi connectivity index (χ2n) is 5.98. The molecule has 0 spiro atoms. The number of fused-ring (bicyclic) bond motifs is 1. The Balaban J connectivity index is 1.55. The van der Waals surface area contributed by atoms with E-state index in [1.54, 1.807) is 10.9 Å². The van der Waals surface area contributed by atoms with Gasteiger partial charge < -0.3 is 4.98 Å². The van der Waals surface area contributed by atoms with Crippen LogP contribution in [-0.2, 0) is 0 Å². The van der Waals surface area contributed by atoms with Gasteiger partial charge in [0.25, 0.3) is 5.91 Å². The largest absolute Gasteiger partial charge is 0.360 e. The number of rotatable bonds is 4. The van der Waals surface area contributed by atoms with Gasteiger partial charge in [0.15, 0.2) is 0 Å². The molecular formula is C20H16ClN5O. The van der Waals surface area contributed by atoms with Gasteiger partial charge in [0.1, 0.15) is 5.15 Å². The topological polar surface area (TPSA) is 75.1 Å². The van der Waals surface area contributed by atoms with E-state index in [2.05, 4.69) is 20.6 Å². The molecule has 0 saturated heterocycles. The van der Waals surface area contributed by atoms with Crippen molar-refractivity contribution < 1.29 is 4.79 Å². The highest BCUT2D eigenvalue weighted by Gasteiger charge is 2.14. The summed E-state index contributed by atoms with van der Waals surface area (Å²) in [5.74, 6) is -0.298. The lowest BCUT2D eigenvalue weighted by atomic mass is 10.2. The number of amides is 1. The van der Waals surface area contributed by atoms with Gasteiger partial charge in [0.05, 0.1) is 28.7 Å². The first kappa shape index (κ1) is 17.1. The average Bonchev–Trinajstić information content (AvgIpc) is 3.24. The molecule has 0 saturated carbocycles. The predicted octanol–water partition coefficient (Wildman–Crippen LogP) is 4.08. The van der Waals surface area contributed by atoms with Crippen molar-refractivity contribution in [2.75, 3.05) is 0 Å². The van der Waals surface area contributed by atoms with E-state index in [1.807, 2.05) is 61.5 Å². The molecule has 1 amide bonds. The Hall–Kier alpha value is -3.38. The Morgan fingerprint density at radius 1 is 1.19 bits per heavy atom. The summed E-state index contributed by atoms with van der Waals surface area (Å²) in [7, 11) is 0. The van der Waals surface area contributed by atoms with E-state index >= 15 is 0 Å². The van der Waals surface area contributed by atoms with Crippen LogP contribution in [0.5, 0.6) is 0 Å². The average molecular weight is 378 g/mol. The molecular weight excluding hydrogens is 362 g/mol. The van der Waals surface area contributed by atoms with E-state index in [0.717, 1.165) is 16.6 Å². The van der Waals surface area contributed by atoms with Gasteiger partial charge in [-0.25, -0.2) is 10.1 Å². The molecule has 0 fully saturated rings. The maximum Gasteiger partial charge on any atom is 0.273 e. The van der Waals surface area contributed by atoms with E-state index in [4.69, 9.17) is 11.6 Å². The van der Waals surface area contributed by atoms with Crippen molar-refractivity contribution >= 4 is 34.6 Å². The van der Waals surface area contributed by atoms with Gasteiger partial charge in [-0.05, 0) is 25.1 Å². The first-order chi connectivity index (χ1) is 13.1. The second-order valence-corrected chi connectivity index (χ2v) is 6.34. The molecule has 2 heterocycles. The number of hydrazone groups is 1. The Bertz CT molecular complexity index is 1140. The number of aromatic amines is 1. The minimum Gasteiger partial charge on any atom is -0.360 e. The minimum absolute atomic E-state index is 0.298. The zero-order valence-corrected chi connectivity index (χ0v) is 15.2. The van der Waals surface area contributed by atoms with Crippen molar-refractivity contribution in [2.45, 2.75) is 6.92 Å². The van der Waals surface area contributed by atoms with Crippen molar-refractivity contribution in [2.24, 2.45) is 5.10 Å². The number of para-hydroxylation sites is 2. The minimum atomic E-state index is -0.298. The van der Waals surface area contributed by atoms with E-state index in [-0.39, 0.29) is 5.91 Å². The van der Waals surface area contributed by atoms with Gasteiger partial charge in [-0.3, -0.25) is 4.79 Å². The Morgan fingerprint density at radius 3 is 2.74 bits per heavy atom. The van der Waals surface area contributed by atoms with Crippen molar-refractivity contribution in [3.63, 3.8) is 0 Å². The highest BCUT2D eigenvalue weighted by molar-refractivity contribution is 6.32. The molecule has 134 valence electrons. The fourth-order valence-corrected chi connectivity index (χ4v) is 3.19. The number of aryl methyl sites for hydroxylation is 1. The van der Waals surface area contributed by atoms with E-state index in [9.17, 15) is 4.79 Å². The summed E-state index contributed by atoms with van der Waals surface area (Å²) in [6, 6.07) is 17.2. The predicted molar refractivity (Wildman–Crippen MR) is 107 cm³/mol. The zero-order chi connectivity index (χ0) is 18.8. The zero-order valence-electron chi connectivity index (χ0n) is 14.5. The lowest BCUT2D eigenvalue weighted by Crippen LogP contribution is -2.17. The van der Waals surface area contributed by atoms with Crippen LogP contribution >= 0.6 is 11.6 Å². The van der Waals surface area contributed by atoms with Crippen molar-refractivity contribution in [1.82, 2.24) is 20.2 Å². The number of hydrogen-bond donors (Lipinski definition) is 2. The standard InChI is InChI=1S/C20H16ClN5O/c1-13-16(19(21)26(25-13)14-7-3-2-4-8-14)12-23-24-20(27)17-11-22-18-10-6-5-9-15(17)18/h2-12,22H,1H3,(H,24,27)/b23-12-. The first-order valence-corrected chi connectivity index (χ1v) is 8.73. The number of nitrogens with one attached hydrogen (secondary N) is 2. The number of aromatic nitrogens is 3. The van der Waals surface area contributed by atoms with Gasteiger partial charge in [0.2, 0.25) is 0 Å². The van der Waals surface area contributed by atoms with Crippen LogP contribution in [-0.4, -0.2) is 26.9 Å². The van der Waals surface area contributed by atoms with Gasteiger partial charge in [-0.1, -0.05) is 48.0 Å². The maximum atomic E-state index is 12.4. The summed E-state index contributed by atoms with van der Waals surface area (Å²) in [4.78, 5) is 15.5. The number of carbonyl (C=O) groups excluding carboxylic acids is 1. The highest BCUT2D eigenvalue weighted by Crippen LogP contribution is 2.22. The number of nitrogens with zero attached hydrogens (tertiary/aromatic N) is 3. The first-order valence-electron chi connectivity index (χ1n) is 8.35. The van der Waals surface area contributed by atoms with Crippen molar-refractivity contribution in [1.29, 1.82) is 0 Å². The van der Waals surface area contributed by atoms with Crippen molar-refractivity contribution in [3.8, 4) is 5.69 Å². The normalized spacial score (nSPS) is 11.3. The molecule has 0 aliphatic heterocycles. The summed E-state index contributed by atoms with van der Waals surface area (Å²) in [6.07, 6.45) is 3.18. The summed E-state index contributed by atoms with van der Waals surface area (Å²) >= 11 is 6.45.